The molecule has 5 nitrogen and oxygen atoms in total. The van der Waals surface area contributed by atoms with Gasteiger partial charge in [-0.1, -0.05) is 13.3 Å². The molecule has 0 atom stereocenters. The molecule has 0 unspecified atom stereocenters. The van der Waals surface area contributed by atoms with Crippen LogP contribution in [0.25, 0.3) is 11.4 Å². The Morgan fingerprint density at radius 2 is 2.29 bits per heavy atom. The summed E-state index contributed by atoms with van der Waals surface area (Å²) in [7, 11) is 1.83. The molecule has 2 heterocycles. The second-order valence-corrected chi connectivity index (χ2v) is 4.91. The summed E-state index contributed by atoms with van der Waals surface area (Å²) in [5.74, 6) is 0.590. The van der Waals surface area contributed by atoms with Crippen LogP contribution in [-0.2, 0) is 13.5 Å². The highest BCUT2D eigenvalue weighted by Crippen LogP contribution is 2.15. The zero-order valence-electron chi connectivity index (χ0n) is 9.70. The molecule has 6 heteroatoms. The van der Waals surface area contributed by atoms with E-state index in [4.69, 9.17) is 0 Å². The van der Waals surface area contributed by atoms with Crippen molar-refractivity contribution in [2.75, 3.05) is 0 Å². The van der Waals surface area contributed by atoms with E-state index in [0.29, 0.717) is 9.39 Å². The van der Waals surface area contributed by atoms with Gasteiger partial charge in [0.25, 0.3) is 5.56 Å². The molecule has 0 saturated heterocycles. The van der Waals surface area contributed by atoms with Gasteiger partial charge in [0, 0.05) is 13.2 Å². The highest BCUT2D eigenvalue weighted by atomic mass is 127. The quantitative estimate of drug-likeness (QED) is 0.863. The van der Waals surface area contributed by atoms with Gasteiger partial charge in [-0.05, 0) is 29.0 Å². The van der Waals surface area contributed by atoms with Crippen LogP contribution in [0.1, 0.15) is 19.0 Å². The average molecular weight is 344 g/mol. The minimum absolute atomic E-state index is 0.0806. The minimum Gasteiger partial charge on any atom is -0.306 e. The van der Waals surface area contributed by atoms with Crippen molar-refractivity contribution in [1.82, 2.24) is 19.7 Å². The lowest BCUT2D eigenvalue weighted by Crippen LogP contribution is -2.16. The van der Waals surface area contributed by atoms with Crippen LogP contribution in [0.4, 0.5) is 0 Å². The van der Waals surface area contributed by atoms with Gasteiger partial charge >= 0.3 is 0 Å². The van der Waals surface area contributed by atoms with Gasteiger partial charge in [0.15, 0.2) is 0 Å². The first-order valence-electron chi connectivity index (χ1n) is 5.39. The normalized spacial score (nSPS) is 10.8. The van der Waals surface area contributed by atoms with Gasteiger partial charge < -0.3 is 4.98 Å². The summed E-state index contributed by atoms with van der Waals surface area (Å²) >= 11 is 2.04. The number of aryl methyl sites for hydroxylation is 2. The van der Waals surface area contributed by atoms with Crippen LogP contribution in [0.2, 0.25) is 0 Å². The van der Waals surface area contributed by atoms with E-state index in [1.54, 1.807) is 10.9 Å². The molecule has 0 amide bonds. The fourth-order valence-corrected chi connectivity index (χ4v) is 2.11. The van der Waals surface area contributed by atoms with Crippen molar-refractivity contribution in [2.24, 2.45) is 7.05 Å². The van der Waals surface area contributed by atoms with Crippen LogP contribution in [0.3, 0.4) is 0 Å². The van der Waals surface area contributed by atoms with Gasteiger partial charge in [-0.15, -0.1) is 0 Å². The molecule has 2 aromatic rings. The van der Waals surface area contributed by atoms with E-state index in [2.05, 4.69) is 22.0 Å². The number of aromatic nitrogens is 4. The summed E-state index contributed by atoms with van der Waals surface area (Å²) in [6.45, 7) is 2.07. The maximum atomic E-state index is 11.8. The number of hydrogen-bond donors (Lipinski definition) is 1. The zero-order chi connectivity index (χ0) is 12.4. The average Bonchev–Trinajstić information content (AvgIpc) is 2.71. The van der Waals surface area contributed by atoms with Crippen LogP contribution < -0.4 is 5.56 Å². The third-order valence-electron chi connectivity index (χ3n) is 2.40. The lowest BCUT2D eigenvalue weighted by Gasteiger charge is -2.03. The largest absolute Gasteiger partial charge is 0.306 e. The summed E-state index contributed by atoms with van der Waals surface area (Å²) in [5.41, 5.74) is 1.61. The molecule has 1 N–H and O–H groups in total. The molecule has 0 spiro atoms. The van der Waals surface area contributed by atoms with Gasteiger partial charge in [0.1, 0.15) is 5.82 Å². The molecular weight excluding hydrogens is 331 g/mol. The fourth-order valence-electron chi connectivity index (χ4n) is 1.59. The SMILES string of the molecule is CCCc1nc(-c2cnn(C)c2)[nH]c(=O)c1I. The van der Waals surface area contributed by atoms with Crippen LogP contribution in [0, 0.1) is 3.57 Å². The Labute approximate surface area is 112 Å². The highest BCUT2D eigenvalue weighted by molar-refractivity contribution is 14.1. The molecule has 0 aliphatic carbocycles. The van der Waals surface area contributed by atoms with E-state index < -0.39 is 0 Å². The van der Waals surface area contributed by atoms with Crippen molar-refractivity contribution in [3.05, 3.63) is 32.0 Å². The van der Waals surface area contributed by atoms with Gasteiger partial charge in [0.2, 0.25) is 0 Å². The van der Waals surface area contributed by atoms with Crippen molar-refractivity contribution >= 4 is 22.6 Å². The van der Waals surface area contributed by atoms with Crippen LogP contribution in [0.5, 0.6) is 0 Å². The van der Waals surface area contributed by atoms with E-state index in [9.17, 15) is 4.79 Å². The van der Waals surface area contributed by atoms with Crippen LogP contribution in [-0.4, -0.2) is 19.7 Å². The Kier molecular flexibility index (Phi) is 3.60. The number of hydrogen-bond acceptors (Lipinski definition) is 3. The Balaban J connectivity index is 2.52. The summed E-state index contributed by atoms with van der Waals surface area (Å²) < 4.78 is 2.37. The van der Waals surface area contributed by atoms with E-state index in [1.807, 2.05) is 35.8 Å². The van der Waals surface area contributed by atoms with Crippen LogP contribution in [0.15, 0.2) is 17.2 Å². The molecule has 0 aliphatic heterocycles. The molecule has 0 radical (unpaired) electrons. The number of halogens is 1. The topological polar surface area (TPSA) is 63.6 Å². The molecule has 2 aromatic heterocycles. The Bertz CT molecular complexity index is 587. The van der Waals surface area contributed by atoms with E-state index in [0.717, 1.165) is 24.1 Å². The van der Waals surface area contributed by atoms with E-state index >= 15 is 0 Å². The number of nitrogens with one attached hydrogen (secondary N) is 1. The van der Waals surface area contributed by atoms with Gasteiger partial charge in [-0.2, -0.15) is 5.10 Å². The first kappa shape index (κ1) is 12.3. The molecule has 0 saturated carbocycles. The number of rotatable bonds is 3. The number of aromatic amines is 1. The third-order valence-corrected chi connectivity index (χ3v) is 3.51. The molecule has 2 rings (SSSR count). The van der Waals surface area contributed by atoms with Crippen LogP contribution >= 0.6 is 22.6 Å². The summed E-state index contributed by atoms with van der Waals surface area (Å²) in [6.07, 6.45) is 5.32. The van der Waals surface area contributed by atoms with Crippen molar-refractivity contribution in [2.45, 2.75) is 19.8 Å². The molecule has 0 aromatic carbocycles. The van der Waals surface area contributed by atoms with E-state index in [1.165, 1.54) is 0 Å². The van der Waals surface area contributed by atoms with E-state index in [-0.39, 0.29) is 5.56 Å². The minimum atomic E-state index is -0.0806. The lowest BCUT2D eigenvalue weighted by molar-refractivity contribution is 0.768. The second kappa shape index (κ2) is 4.99. The third kappa shape index (κ3) is 2.56. The monoisotopic (exact) mass is 344 g/mol. The Morgan fingerprint density at radius 3 is 2.88 bits per heavy atom. The van der Waals surface area contributed by atoms with Crippen molar-refractivity contribution < 1.29 is 0 Å². The standard InChI is InChI=1S/C11H13IN4O/c1-3-4-8-9(12)11(17)15-10(14-8)7-5-13-16(2)6-7/h5-6H,3-4H2,1-2H3,(H,14,15,17). The summed E-state index contributed by atoms with van der Waals surface area (Å²) in [5, 5.41) is 4.07. The maximum absolute atomic E-state index is 11.8. The molecular formula is C11H13IN4O. The summed E-state index contributed by atoms with van der Waals surface area (Å²) in [6, 6.07) is 0. The zero-order valence-corrected chi connectivity index (χ0v) is 11.9. The van der Waals surface area contributed by atoms with Gasteiger partial charge in [-0.25, -0.2) is 4.98 Å². The Morgan fingerprint density at radius 1 is 1.53 bits per heavy atom. The molecule has 0 fully saturated rings. The number of nitrogens with zero attached hydrogens (tertiary/aromatic N) is 3. The van der Waals surface area contributed by atoms with Gasteiger partial charge in [-0.3, -0.25) is 9.48 Å². The molecule has 17 heavy (non-hydrogen) atoms. The maximum Gasteiger partial charge on any atom is 0.264 e. The smallest absolute Gasteiger partial charge is 0.264 e. The van der Waals surface area contributed by atoms with Gasteiger partial charge in [0.05, 0.1) is 21.0 Å². The van der Waals surface area contributed by atoms with Crippen molar-refractivity contribution in [1.29, 1.82) is 0 Å². The first-order chi connectivity index (χ1) is 8.11. The second-order valence-electron chi connectivity index (χ2n) is 3.83. The molecule has 90 valence electrons. The Hall–Kier alpha value is -1.18. The van der Waals surface area contributed by atoms with Crippen molar-refractivity contribution in [3.8, 4) is 11.4 Å². The van der Waals surface area contributed by atoms with Crippen molar-refractivity contribution in [3.63, 3.8) is 0 Å². The fraction of sp³-hybridized carbons (Fsp3) is 0.364. The molecule has 0 bridgehead atoms. The number of H-pyrrole nitrogens is 1. The predicted octanol–water partition coefficient (Wildman–Crippen LogP) is 1.73. The predicted molar refractivity (Wildman–Crippen MR) is 73.8 cm³/mol. The molecule has 0 aliphatic rings. The first-order valence-corrected chi connectivity index (χ1v) is 6.47. The summed E-state index contributed by atoms with van der Waals surface area (Å²) in [4.78, 5) is 19.1. The lowest BCUT2D eigenvalue weighted by atomic mass is 10.2. The highest BCUT2D eigenvalue weighted by Gasteiger charge is 2.10.